The van der Waals surface area contributed by atoms with Crippen molar-refractivity contribution in [3.8, 4) is 5.69 Å². The fourth-order valence-corrected chi connectivity index (χ4v) is 4.27. The Hall–Kier alpha value is -2.84. The van der Waals surface area contributed by atoms with Gasteiger partial charge >= 0.3 is 17.5 Å². The number of carbonyl (C=O) groups excluding carboxylic acids is 1. The number of nitrogens with zero attached hydrogens (tertiary/aromatic N) is 2. The van der Waals surface area contributed by atoms with Crippen LogP contribution in [-0.2, 0) is 38.8 Å². The molecule has 0 aliphatic carbocycles. The standard InChI is InChI=1S/C23H23ClF4N4O4S/c1-12(14-7-8-17(18(25)9-14)22(3,29)36-37(34)35)21(33)30-11-19-13(2)20(23(26,27)28)31-32(19)16-6-4-5-15(24)10-16/h4-10,12H,11,29H2,1-3H3,(H,30,33)(H,34,35). The average molecular weight is 563 g/mol. The predicted octanol–water partition coefficient (Wildman–Crippen LogP) is 4.70. The topological polar surface area (TPSA) is 119 Å². The molecule has 1 amide bonds. The molecule has 3 aromatic rings. The lowest BCUT2D eigenvalue weighted by Crippen LogP contribution is -2.37. The highest BCUT2D eigenvalue weighted by Crippen LogP contribution is 2.33. The largest absolute Gasteiger partial charge is 0.435 e. The van der Waals surface area contributed by atoms with Crippen molar-refractivity contribution in [3.05, 3.63) is 81.4 Å². The van der Waals surface area contributed by atoms with Crippen LogP contribution in [0.1, 0.15) is 47.8 Å². The van der Waals surface area contributed by atoms with E-state index in [1.807, 2.05) is 0 Å². The van der Waals surface area contributed by atoms with E-state index >= 15 is 0 Å². The monoisotopic (exact) mass is 562 g/mol. The lowest BCUT2D eigenvalue weighted by atomic mass is 9.96. The lowest BCUT2D eigenvalue weighted by Gasteiger charge is -2.24. The van der Waals surface area contributed by atoms with Gasteiger partial charge in [0.2, 0.25) is 5.91 Å². The van der Waals surface area contributed by atoms with Crippen LogP contribution in [0.15, 0.2) is 42.5 Å². The van der Waals surface area contributed by atoms with Crippen molar-refractivity contribution in [2.45, 2.75) is 45.1 Å². The molecule has 200 valence electrons. The third kappa shape index (κ3) is 6.54. The second-order valence-electron chi connectivity index (χ2n) is 8.40. The van der Waals surface area contributed by atoms with Gasteiger partial charge in [0.15, 0.2) is 11.4 Å². The van der Waals surface area contributed by atoms with Gasteiger partial charge in [0.25, 0.3) is 0 Å². The summed E-state index contributed by atoms with van der Waals surface area (Å²) in [4.78, 5) is 12.8. The van der Waals surface area contributed by atoms with Gasteiger partial charge in [-0.25, -0.2) is 13.3 Å². The van der Waals surface area contributed by atoms with E-state index in [1.54, 1.807) is 12.1 Å². The van der Waals surface area contributed by atoms with Gasteiger partial charge in [-0.2, -0.15) is 22.5 Å². The molecule has 0 bridgehead atoms. The SMILES string of the molecule is Cc1c(C(F)(F)F)nn(-c2cccc(Cl)c2)c1CNC(=O)C(C)c1ccc(C(C)(N)OS(=O)O)c(F)c1. The zero-order valence-electron chi connectivity index (χ0n) is 19.8. The molecule has 0 spiro atoms. The minimum absolute atomic E-state index is 0.0877. The van der Waals surface area contributed by atoms with Gasteiger partial charge in [-0.15, -0.1) is 0 Å². The van der Waals surface area contributed by atoms with Gasteiger partial charge in [0.1, 0.15) is 5.82 Å². The molecule has 1 aromatic heterocycles. The molecule has 3 unspecified atom stereocenters. The molecule has 37 heavy (non-hydrogen) atoms. The van der Waals surface area contributed by atoms with Crippen LogP contribution in [-0.4, -0.2) is 24.4 Å². The Bertz CT molecular complexity index is 1350. The highest BCUT2D eigenvalue weighted by Gasteiger charge is 2.38. The van der Waals surface area contributed by atoms with Crippen LogP contribution in [0.25, 0.3) is 5.69 Å². The minimum Gasteiger partial charge on any atom is -0.350 e. The third-order valence-electron chi connectivity index (χ3n) is 5.66. The van der Waals surface area contributed by atoms with Crippen molar-refractivity contribution in [1.29, 1.82) is 0 Å². The summed E-state index contributed by atoms with van der Waals surface area (Å²) < 4.78 is 80.8. The number of halogens is 5. The van der Waals surface area contributed by atoms with Crippen LogP contribution < -0.4 is 11.1 Å². The number of rotatable bonds is 8. The first-order valence-corrected chi connectivity index (χ1v) is 12.1. The van der Waals surface area contributed by atoms with Crippen molar-refractivity contribution in [1.82, 2.24) is 15.1 Å². The van der Waals surface area contributed by atoms with Crippen molar-refractivity contribution in [2.75, 3.05) is 0 Å². The summed E-state index contributed by atoms with van der Waals surface area (Å²) in [5, 5.41) is 6.57. The first-order chi connectivity index (χ1) is 17.1. The van der Waals surface area contributed by atoms with E-state index in [0.717, 1.165) is 10.7 Å². The Labute approximate surface area is 217 Å². The van der Waals surface area contributed by atoms with Gasteiger partial charge in [-0.1, -0.05) is 29.8 Å². The normalized spacial score (nSPS) is 15.2. The fraction of sp³-hybridized carbons (Fsp3) is 0.304. The summed E-state index contributed by atoms with van der Waals surface area (Å²) in [6.07, 6.45) is -4.72. The maximum absolute atomic E-state index is 14.7. The van der Waals surface area contributed by atoms with E-state index in [0.29, 0.717) is 0 Å². The van der Waals surface area contributed by atoms with Crippen LogP contribution in [0.4, 0.5) is 17.6 Å². The Morgan fingerprint density at radius 3 is 2.54 bits per heavy atom. The van der Waals surface area contributed by atoms with Crippen molar-refractivity contribution >= 4 is 28.9 Å². The van der Waals surface area contributed by atoms with Gasteiger partial charge < -0.3 is 5.32 Å². The minimum atomic E-state index is -4.72. The van der Waals surface area contributed by atoms with E-state index in [2.05, 4.69) is 14.6 Å². The van der Waals surface area contributed by atoms with Gasteiger partial charge in [-0.3, -0.25) is 15.1 Å². The number of nitrogens with one attached hydrogen (secondary N) is 1. The molecule has 14 heteroatoms. The molecule has 3 atom stereocenters. The molecule has 0 aliphatic rings. The summed E-state index contributed by atoms with van der Waals surface area (Å²) in [5.41, 5.74) is 2.96. The molecule has 0 saturated heterocycles. The maximum atomic E-state index is 14.7. The molecule has 0 aliphatic heterocycles. The Morgan fingerprint density at radius 2 is 1.97 bits per heavy atom. The molecule has 0 saturated carbocycles. The van der Waals surface area contributed by atoms with Gasteiger partial charge in [0.05, 0.1) is 23.8 Å². The average Bonchev–Trinajstić information content (AvgIpc) is 3.12. The predicted molar refractivity (Wildman–Crippen MR) is 128 cm³/mol. The second-order valence-corrected chi connectivity index (χ2v) is 9.43. The summed E-state index contributed by atoms with van der Waals surface area (Å²) in [6, 6.07) is 9.71. The molecule has 2 aromatic carbocycles. The quantitative estimate of drug-likeness (QED) is 0.208. The molecule has 3 rings (SSSR count). The Morgan fingerprint density at radius 1 is 1.30 bits per heavy atom. The number of nitrogens with two attached hydrogens (primary N) is 1. The molecular formula is C23H23ClF4N4O4S. The molecule has 0 radical (unpaired) electrons. The van der Waals surface area contributed by atoms with Crippen molar-refractivity contribution in [3.63, 3.8) is 0 Å². The zero-order valence-corrected chi connectivity index (χ0v) is 21.3. The van der Waals surface area contributed by atoms with E-state index in [9.17, 15) is 26.6 Å². The third-order valence-corrected chi connectivity index (χ3v) is 6.38. The number of amides is 1. The fourth-order valence-electron chi connectivity index (χ4n) is 3.70. The van der Waals surface area contributed by atoms with E-state index in [-0.39, 0.29) is 39.6 Å². The van der Waals surface area contributed by atoms with E-state index in [1.165, 1.54) is 45.0 Å². The van der Waals surface area contributed by atoms with Crippen molar-refractivity contribution in [2.24, 2.45) is 5.73 Å². The van der Waals surface area contributed by atoms with Crippen LogP contribution in [0.5, 0.6) is 0 Å². The van der Waals surface area contributed by atoms with Crippen LogP contribution in [0.3, 0.4) is 0 Å². The smallest absolute Gasteiger partial charge is 0.350 e. The lowest BCUT2D eigenvalue weighted by molar-refractivity contribution is -0.141. The molecule has 8 nitrogen and oxygen atoms in total. The Kier molecular flexibility index (Phi) is 8.44. The first-order valence-electron chi connectivity index (χ1n) is 10.7. The van der Waals surface area contributed by atoms with Gasteiger partial charge in [0, 0.05) is 16.1 Å². The number of aromatic nitrogens is 2. The maximum Gasteiger partial charge on any atom is 0.435 e. The van der Waals surface area contributed by atoms with Crippen LogP contribution in [0, 0.1) is 12.7 Å². The number of benzene rings is 2. The first kappa shape index (κ1) is 28.7. The molecule has 4 N–H and O–H groups in total. The second kappa shape index (κ2) is 10.9. The molecule has 1 heterocycles. The van der Waals surface area contributed by atoms with Gasteiger partial charge in [-0.05, 0) is 50.6 Å². The summed E-state index contributed by atoms with van der Waals surface area (Å²) in [7, 11) is 0. The van der Waals surface area contributed by atoms with Crippen LogP contribution in [0.2, 0.25) is 5.02 Å². The Balaban J connectivity index is 1.85. The number of hydrogen-bond acceptors (Lipinski definition) is 5. The molecule has 0 fully saturated rings. The number of alkyl halides is 3. The summed E-state index contributed by atoms with van der Waals surface area (Å²) >= 11 is 3.24. The summed E-state index contributed by atoms with van der Waals surface area (Å²) in [5.74, 6) is -2.38. The van der Waals surface area contributed by atoms with E-state index < -0.39 is 46.6 Å². The highest BCUT2D eigenvalue weighted by molar-refractivity contribution is 7.74. The highest BCUT2D eigenvalue weighted by atomic mass is 35.5. The van der Waals surface area contributed by atoms with Crippen LogP contribution >= 0.6 is 11.6 Å². The van der Waals surface area contributed by atoms with E-state index in [4.69, 9.17) is 21.9 Å². The molecular weight excluding hydrogens is 540 g/mol. The number of carbonyl (C=O) groups is 1. The number of hydrogen-bond donors (Lipinski definition) is 3. The van der Waals surface area contributed by atoms with Crippen molar-refractivity contribution < 1.29 is 35.3 Å². The summed E-state index contributed by atoms with van der Waals surface area (Å²) in [6.45, 7) is 3.62. The zero-order chi connectivity index (χ0) is 27.7.